The minimum Gasteiger partial charge on any atom is -0.348 e. The Hall–Kier alpha value is -2.23. The van der Waals surface area contributed by atoms with Crippen LogP contribution in [0, 0.1) is 12.9 Å². The van der Waals surface area contributed by atoms with Crippen LogP contribution >= 0.6 is 0 Å². The van der Waals surface area contributed by atoms with Crippen LogP contribution in [0.3, 0.4) is 0 Å². The first-order chi connectivity index (χ1) is 8.66. The Morgan fingerprint density at radius 1 is 1.33 bits per heavy atom. The van der Waals surface area contributed by atoms with E-state index >= 15 is 0 Å². The van der Waals surface area contributed by atoms with Crippen molar-refractivity contribution >= 4 is 5.91 Å². The second kappa shape index (κ2) is 5.40. The lowest BCUT2D eigenvalue weighted by molar-refractivity contribution is 0.0946. The molecule has 18 heavy (non-hydrogen) atoms. The molecule has 1 N–H and O–H groups in total. The molecule has 4 heteroatoms. The average Bonchev–Trinajstić information content (AvgIpc) is 2.37. The van der Waals surface area contributed by atoms with Gasteiger partial charge < -0.3 is 5.32 Å². The number of pyridine rings is 1. The first-order valence-corrected chi connectivity index (χ1v) is 5.61. The van der Waals surface area contributed by atoms with Crippen LogP contribution in [0.25, 0.3) is 0 Å². The van der Waals surface area contributed by atoms with Crippen LogP contribution in [0.2, 0.25) is 0 Å². The molecule has 2 rings (SSSR count). The molecule has 0 saturated carbocycles. The molecule has 0 aliphatic carbocycles. The smallest absolute Gasteiger partial charge is 0.256 e. The number of hydrogen-bond donors (Lipinski definition) is 1. The van der Waals surface area contributed by atoms with E-state index in [1.165, 1.54) is 18.3 Å². The van der Waals surface area contributed by atoms with Gasteiger partial charge >= 0.3 is 0 Å². The largest absolute Gasteiger partial charge is 0.348 e. The van der Waals surface area contributed by atoms with E-state index in [-0.39, 0.29) is 5.56 Å². The second-order valence-electron chi connectivity index (χ2n) is 4.01. The Labute approximate surface area is 105 Å². The zero-order chi connectivity index (χ0) is 13.0. The van der Waals surface area contributed by atoms with Crippen LogP contribution in [0.4, 0.5) is 4.39 Å². The number of carbonyl (C=O) groups is 1. The number of halogens is 1. The lowest BCUT2D eigenvalue weighted by Gasteiger charge is -2.06. The number of amides is 1. The molecule has 0 saturated heterocycles. The molecule has 2 aromatic rings. The van der Waals surface area contributed by atoms with Crippen molar-refractivity contribution in [3.05, 3.63) is 65.2 Å². The molecule has 0 bridgehead atoms. The topological polar surface area (TPSA) is 42.0 Å². The number of aryl methyl sites for hydroxylation is 1. The summed E-state index contributed by atoms with van der Waals surface area (Å²) in [5.74, 6) is -1.21. The molecule has 0 aliphatic heterocycles. The van der Waals surface area contributed by atoms with Crippen molar-refractivity contribution in [1.29, 1.82) is 0 Å². The van der Waals surface area contributed by atoms with Gasteiger partial charge in [-0.25, -0.2) is 4.98 Å². The summed E-state index contributed by atoms with van der Waals surface area (Å²) in [5, 5.41) is 2.66. The first-order valence-electron chi connectivity index (χ1n) is 5.61. The molecule has 0 spiro atoms. The van der Waals surface area contributed by atoms with E-state index in [0.717, 1.165) is 11.1 Å². The van der Waals surface area contributed by atoms with Gasteiger partial charge in [-0.3, -0.25) is 4.79 Å². The Bertz CT molecular complexity index is 569. The van der Waals surface area contributed by atoms with Gasteiger partial charge in [0.15, 0.2) is 0 Å². The maximum atomic E-state index is 13.3. The average molecular weight is 244 g/mol. The molecule has 3 nitrogen and oxygen atoms in total. The van der Waals surface area contributed by atoms with Gasteiger partial charge in [0.05, 0.1) is 5.56 Å². The summed E-state index contributed by atoms with van der Waals surface area (Å²) in [4.78, 5) is 15.2. The summed E-state index contributed by atoms with van der Waals surface area (Å²) in [7, 11) is 0. The van der Waals surface area contributed by atoms with Crippen LogP contribution < -0.4 is 5.32 Å². The first kappa shape index (κ1) is 12.2. The van der Waals surface area contributed by atoms with Crippen LogP contribution in [-0.4, -0.2) is 10.9 Å². The molecular weight excluding hydrogens is 231 g/mol. The molecule has 0 fully saturated rings. The summed E-state index contributed by atoms with van der Waals surface area (Å²) in [6, 6.07) is 10.7. The highest BCUT2D eigenvalue weighted by Crippen LogP contribution is 2.06. The van der Waals surface area contributed by atoms with Crippen molar-refractivity contribution in [3.63, 3.8) is 0 Å². The van der Waals surface area contributed by atoms with Crippen LogP contribution in [0.15, 0.2) is 42.6 Å². The molecule has 1 amide bonds. The lowest BCUT2D eigenvalue weighted by atomic mass is 10.1. The van der Waals surface area contributed by atoms with Gasteiger partial charge in [0.2, 0.25) is 5.95 Å². The minimum atomic E-state index is -0.751. The normalized spacial score (nSPS) is 10.1. The van der Waals surface area contributed by atoms with E-state index in [2.05, 4.69) is 10.3 Å². The Morgan fingerprint density at radius 2 is 2.17 bits per heavy atom. The Morgan fingerprint density at radius 3 is 2.89 bits per heavy atom. The molecule has 0 unspecified atom stereocenters. The third-order valence-corrected chi connectivity index (χ3v) is 2.54. The summed E-state index contributed by atoms with van der Waals surface area (Å²) < 4.78 is 13.3. The fourth-order valence-electron chi connectivity index (χ4n) is 1.66. The van der Waals surface area contributed by atoms with E-state index in [0.29, 0.717) is 6.54 Å². The van der Waals surface area contributed by atoms with Gasteiger partial charge in [0, 0.05) is 12.7 Å². The lowest BCUT2D eigenvalue weighted by Crippen LogP contribution is -2.24. The molecule has 1 aromatic carbocycles. The number of nitrogens with zero attached hydrogens (tertiary/aromatic N) is 1. The van der Waals surface area contributed by atoms with Crippen LogP contribution in [0.5, 0.6) is 0 Å². The van der Waals surface area contributed by atoms with Gasteiger partial charge in [0.1, 0.15) is 0 Å². The fourth-order valence-corrected chi connectivity index (χ4v) is 1.66. The molecule has 0 atom stereocenters. The number of rotatable bonds is 3. The highest BCUT2D eigenvalue weighted by Gasteiger charge is 2.11. The monoisotopic (exact) mass is 244 g/mol. The van der Waals surface area contributed by atoms with Crippen molar-refractivity contribution in [3.8, 4) is 0 Å². The number of carbonyl (C=O) groups excluding carboxylic acids is 1. The number of nitrogens with one attached hydrogen (secondary N) is 1. The Balaban J connectivity index is 2.03. The predicted octanol–water partition coefficient (Wildman–Crippen LogP) is 2.46. The highest BCUT2D eigenvalue weighted by molar-refractivity contribution is 5.94. The molecule has 0 aliphatic rings. The molecule has 92 valence electrons. The van der Waals surface area contributed by atoms with Crippen molar-refractivity contribution in [2.75, 3.05) is 0 Å². The van der Waals surface area contributed by atoms with E-state index < -0.39 is 11.9 Å². The maximum absolute atomic E-state index is 13.3. The van der Waals surface area contributed by atoms with E-state index in [9.17, 15) is 9.18 Å². The third kappa shape index (κ3) is 2.91. The predicted molar refractivity (Wildman–Crippen MR) is 66.5 cm³/mol. The molecule has 1 aromatic heterocycles. The van der Waals surface area contributed by atoms with E-state index in [4.69, 9.17) is 0 Å². The minimum absolute atomic E-state index is 0.0369. The van der Waals surface area contributed by atoms with E-state index in [1.54, 1.807) is 0 Å². The standard InChI is InChI=1S/C14H13FN2O/c1-10-4-2-5-11(8-10)9-17-14(18)12-6-3-7-16-13(12)15/h2-8H,9H2,1H3,(H,17,18). The van der Waals surface area contributed by atoms with Gasteiger partial charge in [0.25, 0.3) is 5.91 Å². The van der Waals surface area contributed by atoms with Crippen LogP contribution in [0.1, 0.15) is 21.5 Å². The van der Waals surface area contributed by atoms with E-state index in [1.807, 2.05) is 31.2 Å². The molecule has 1 heterocycles. The molecule has 0 radical (unpaired) electrons. The van der Waals surface area contributed by atoms with Gasteiger partial charge in [-0.15, -0.1) is 0 Å². The van der Waals surface area contributed by atoms with Crippen molar-refractivity contribution < 1.29 is 9.18 Å². The summed E-state index contributed by atoms with van der Waals surface area (Å²) in [5.41, 5.74) is 2.06. The SMILES string of the molecule is Cc1cccc(CNC(=O)c2cccnc2F)c1. The zero-order valence-corrected chi connectivity index (χ0v) is 9.98. The highest BCUT2D eigenvalue weighted by atomic mass is 19.1. The Kier molecular flexibility index (Phi) is 3.67. The number of hydrogen-bond acceptors (Lipinski definition) is 2. The van der Waals surface area contributed by atoms with Crippen molar-refractivity contribution in [1.82, 2.24) is 10.3 Å². The maximum Gasteiger partial charge on any atom is 0.256 e. The second-order valence-corrected chi connectivity index (χ2v) is 4.01. The summed E-state index contributed by atoms with van der Waals surface area (Å²) in [6.45, 7) is 2.35. The number of aromatic nitrogens is 1. The fraction of sp³-hybridized carbons (Fsp3) is 0.143. The third-order valence-electron chi connectivity index (χ3n) is 2.54. The van der Waals surface area contributed by atoms with Gasteiger partial charge in [-0.2, -0.15) is 4.39 Å². The van der Waals surface area contributed by atoms with Crippen molar-refractivity contribution in [2.45, 2.75) is 13.5 Å². The van der Waals surface area contributed by atoms with Crippen LogP contribution in [-0.2, 0) is 6.54 Å². The summed E-state index contributed by atoms with van der Waals surface area (Å²) in [6.07, 6.45) is 1.31. The summed E-state index contributed by atoms with van der Waals surface area (Å²) >= 11 is 0. The zero-order valence-electron chi connectivity index (χ0n) is 9.98. The quantitative estimate of drug-likeness (QED) is 0.843. The van der Waals surface area contributed by atoms with Crippen molar-refractivity contribution in [2.24, 2.45) is 0 Å². The molecular formula is C14H13FN2O. The van der Waals surface area contributed by atoms with Gasteiger partial charge in [-0.1, -0.05) is 29.8 Å². The number of benzene rings is 1. The van der Waals surface area contributed by atoms with Gasteiger partial charge in [-0.05, 0) is 24.6 Å².